The monoisotopic (exact) mass is 384 g/mol. The number of amides is 2. The number of imidazole rings is 1. The molecule has 0 spiro atoms. The average molecular weight is 385 g/mol. The van der Waals surface area contributed by atoms with Crippen LogP contribution in [0.15, 0.2) is 48.5 Å². The number of fused-ring (bicyclic) bond motifs is 1. The molecule has 2 amide bonds. The first-order valence-electron chi connectivity index (χ1n) is 8.78. The fourth-order valence-electron chi connectivity index (χ4n) is 2.91. The van der Waals surface area contributed by atoms with Gasteiger partial charge in [-0.1, -0.05) is 36.7 Å². The number of anilines is 1. The number of rotatable bonds is 6. The molecule has 1 atom stereocenters. The molecule has 0 aliphatic rings. The molecule has 3 rings (SSSR count). The smallest absolute Gasteiger partial charge is 0.244 e. The predicted molar refractivity (Wildman–Crippen MR) is 107 cm³/mol. The first-order chi connectivity index (χ1) is 13.0. The molecule has 1 aromatic heterocycles. The summed E-state index contributed by atoms with van der Waals surface area (Å²) in [7, 11) is 0. The Bertz CT molecular complexity index is 983. The van der Waals surface area contributed by atoms with E-state index in [-0.39, 0.29) is 24.4 Å². The van der Waals surface area contributed by atoms with Crippen molar-refractivity contribution in [2.24, 2.45) is 0 Å². The van der Waals surface area contributed by atoms with Crippen molar-refractivity contribution in [3.63, 3.8) is 0 Å². The van der Waals surface area contributed by atoms with Crippen LogP contribution in [0.4, 0.5) is 5.69 Å². The van der Waals surface area contributed by atoms with Crippen molar-refractivity contribution >= 4 is 40.1 Å². The standard InChI is InChI=1S/C20H21ClN4O2/c1-3-18(26)22-13(2)20-24-16-9-4-5-10-17(16)25(20)12-19(27)23-15-8-6-7-14(21)11-15/h4-11,13H,3,12H2,1-2H3,(H,22,26)(H,23,27). The molecular weight excluding hydrogens is 364 g/mol. The van der Waals surface area contributed by atoms with E-state index in [0.29, 0.717) is 23.0 Å². The molecule has 0 radical (unpaired) electrons. The molecule has 1 heterocycles. The third-order valence-corrected chi connectivity index (χ3v) is 4.42. The van der Waals surface area contributed by atoms with Gasteiger partial charge in [0.1, 0.15) is 12.4 Å². The SMILES string of the molecule is CCC(=O)NC(C)c1nc2ccccc2n1CC(=O)Nc1cccc(Cl)c1. The van der Waals surface area contributed by atoms with Gasteiger partial charge in [-0.05, 0) is 37.3 Å². The number of carbonyl (C=O) groups excluding carboxylic acids is 2. The van der Waals surface area contributed by atoms with Gasteiger partial charge in [-0.15, -0.1) is 0 Å². The number of hydrogen-bond acceptors (Lipinski definition) is 3. The molecule has 6 nitrogen and oxygen atoms in total. The summed E-state index contributed by atoms with van der Waals surface area (Å²) in [6.45, 7) is 3.73. The highest BCUT2D eigenvalue weighted by molar-refractivity contribution is 6.30. The Morgan fingerprint density at radius 3 is 2.67 bits per heavy atom. The van der Waals surface area contributed by atoms with Gasteiger partial charge in [0.2, 0.25) is 11.8 Å². The van der Waals surface area contributed by atoms with Crippen LogP contribution < -0.4 is 10.6 Å². The van der Waals surface area contributed by atoms with Crippen LogP contribution in [0.5, 0.6) is 0 Å². The number of carbonyl (C=O) groups is 2. The average Bonchev–Trinajstić information content (AvgIpc) is 3.00. The van der Waals surface area contributed by atoms with Gasteiger partial charge in [-0.2, -0.15) is 0 Å². The topological polar surface area (TPSA) is 76.0 Å². The number of hydrogen-bond donors (Lipinski definition) is 2. The maximum absolute atomic E-state index is 12.6. The van der Waals surface area contributed by atoms with Crippen molar-refractivity contribution in [2.75, 3.05) is 5.32 Å². The second kappa shape index (κ2) is 8.22. The molecule has 1 unspecified atom stereocenters. The Morgan fingerprint density at radius 2 is 1.93 bits per heavy atom. The van der Waals surface area contributed by atoms with E-state index < -0.39 is 0 Å². The molecule has 0 saturated heterocycles. The van der Waals surface area contributed by atoms with E-state index >= 15 is 0 Å². The fraction of sp³-hybridized carbons (Fsp3) is 0.250. The van der Waals surface area contributed by atoms with Gasteiger partial charge in [-0.25, -0.2) is 4.98 Å². The third kappa shape index (κ3) is 4.46. The zero-order valence-corrected chi connectivity index (χ0v) is 16.0. The van der Waals surface area contributed by atoms with Crippen LogP contribution in [0.1, 0.15) is 32.1 Å². The van der Waals surface area contributed by atoms with Crippen molar-refractivity contribution in [3.8, 4) is 0 Å². The molecule has 2 aromatic carbocycles. The van der Waals surface area contributed by atoms with Gasteiger partial charge in [0.15, 0.2) is 0 Å². The molecule has 27 heavy (non-hydrogen) atoms. The van der Waals surface area contributed by atoms with E-state index in [2.05, 4.69) is 15.6 Å². The maximum atomic E-state index is 12.6. The minimum absolute atomic E-state index is 0.0653. The van der Waals surface area contributed by atoms with E-state index in [1.165, 1.54) is 0 Å². The number of para-hydroxylation sites is 2. The van der Waals surface area contributed by atoms with Gasteiger partial charge in [0, 0.05) is 17.1 Å². The molecule has 140 valence electrons. The zero-order valence-electron chi connectivity index (χ0n) is 15.2. The van der Waals surface area contributed by atoms with E-state index in [1.54, 1.807) is 31.2 Å². The lowest BCUT2D eigenvalue weighted by molar-refractivity contribution is -0.121. The molecular formula is C20H21ClN4O2. The molecule has 0 saturated carbocycles. The van der Waals surface area contributed by atoms with Crippen LogP contribution >= 0.6 is 11.6 Å². The zero-order chi connectivity index (χ0) is 19.4. The normalized spacial score (nSPS) is 12.0. The van der Waals surface area contributed by atoms with Gasteiger partial charge in [-0.3, -0.25) is 9.59 Å². The van der Waals surface area contributed by atoms with E-state index in [9.17, 15) is 9.59 Å². The molecule has 3 aromatic rings. The van der Waals surface area contributed by atoms with Crippen molar-refractivity contribution in [2.45, 2.75) is 32.9 Å². The number of benzene rings is 2. The third-order valence-electron chi connectivity index (χ3n) is 4.18. The van der Waals surface area contributed by atoms with Gasteiger partial charge in [0.05, 0.1) is 17.1 Å². The van der Waals surface area contributed by atoms with E-state index in [4.69, 9.17) is 11.6 Å². The summed E-state index contributed by atoms with van der Waals surface area (Å²) in [4.78, 5) is 29.0. The Labute approximate surface area is 162 Å². The largest absolute Gasteiger partial charge is 0.346 e. The van der Waals surface area contributed by atoms with Crippen LogP contribution in [0, 0.1) is 0 Å². The van der Waals surface area contributed by atoms with Crippen LogP contribution in [-0.4, -0.2) is 21.4 Å². The highest BCUT2D eigenvalue weighted by atomic mass is 35.5. The summed E-state index contributed by atoms with van der Waals surface area (Å²) in [5.41, 5.74) is 2.25. The number of aromatic nitrogens is 2. The number of nitrogens with zero attached hydrogens (tertiary/aromatic N) is 2. The van der Waals surface area contributed by atoms with Crippen LogP contribution in [0.2, 0.25) is 5.02 Å². The number of nitrogens with one attached hydrogen (secondary N) is 2. The fourth-order valence-corrected chi connectivity index (χ4v) is 3.10. The van der Waals surface area contributed by atoms with Crippen molar-refractivity contribution < 1.29 is 9.59 Å². The summed E-state index contributed by atoms with van der Waals surface area (Å²) >= 11 is 5.97. The summed E-state index contributed by atoms with van der Waals surface area (Å²) in [5.74, 6) is 0.374. The van der Waals surface area contributed by atoms with Crippen LogP contribution in [-0.2, 0) is 16.1 Å². The van der Waals surface area contributed by atoms with Crippen molar-refractivity contribution in [1.29, 1.82) is 0 Å². The first kappa shape index (κ1) is 18.9. The lowest BCUT2D eigenvalue weighted by atomic mass is 10.3. The Morgan fingerprint density at radius 1 is 1.15 bits per heavy atom. The van der Waals surface area contributed by atoms with Gasteiger partial charge < -0.3 is 15.2 Å². The quantitative estimate of drug-likeness (QED) is 0.676. The number of halogens is 1. The summed E-state index contributed by atoms with van der Waals surface area (Å²) in [6.07, 6.45) is 0.389. The molecule has 0 aliphatic heterocycles. The highest BCUT2D eigenvalue weighted by Gasteiger charge is 2.19. The lowest BCUT2D eigenvalue weighted by Gasteiger charge is -2.16. The Balaban J connectivity index is 1.88. The molecule has 2 N–H and O–H groups in total. The Kier molecular flexibility index (Phi) is 5.76. The molecule has 0 aliphatic carbocycles. The first-order valence-corrected chi connectivity index (χ1v) is 9.15. The van der Waals surface area contributed by atoms with E-state index in [0.717, 1.165) is 11.0 Å². The molecule has 0 fully saturated rings. The Hall–Kier alpha value is -2.86. The van der Waals surface area contributed by atoms with Crippen molar-refractivity contribution in [3.05, 3.63) is 59.4 Å². The lowest BCUT2D eigenvalue weighted by Crippen LogP contribution is -2.29. The minimum Gasteiger partial charge on any atom is -0.346 e. The minimum atomic E-state index is -0.316. The predicted octanol–water partition coefficient (Wildman–Crippen LogP) is 3.92. The highest BCUT2D eigenvalue weighted by Crippen LogP contribution is 2.21. The summed E-state index contributed by atoms with van der Waals surface area (Å²) in [5, 5.41) is 6.30. The maximum Gasteiger partial charge on any atom is 0.244 e. The summed E-state index contributed by atoms with van der Waals surface area (Å²) < 4.78 is 1.83. The summed E-state index contributed by atoms with van der Waals surface area (Å²) in [6, 6.07) is 14.3. The van der Waals surface area contributed by atoms with Crippen molar-refractivity contribution in [1.82, 2.24) is 14.9 Å². The van der Waals surface area contributed by atoms with Gasteiger partial charge >= 0.3 is 0 Å². The van der Waals surface area contributed by atoms with E-state index in [1.807, 2.05) is 35.8 Å². The van der Waals surface area contributed by atoms with Crippen LogP contribution in [0.3, 0.4) is 0 Å². The molecule has 0 bridgehead atoms. The molecule has 7 heteroatoms. The second-order valence-electron chi connectivity index (χ2n) is 6.25. The second-order valence-corrected chi connectivity index (χ2v) is 6.68. The van der Waals surface area contributed by atoms with Crippen LogP contribution in [0.25, 0.3) is 11.0 Å². The van der Waals surface area contributed by atoms with Gasteiger partial charge in [0.25, 0.3) is 0 Å².